The van der Waals surface area contributed by atoms with E-state index in [0.717, 1.165) is 0 Å². The Morgan fingerprint density at radius 1 is 1.18 bits per heavy atom. The topological polar surface area (TPSA) is 59.4 Å². The Kier molecular flexibility index (Phi) is 3.05. The van der Waals surface area contributed by atoms with Gasteiger partial charge in [-0.2, -0.15) is 0 Å². The molecule has 0 amide bonds. The fourth-order valence-electron chi connectivity index (χ4n) is 1.66. The quantitative estimate of drug-likeness (QED) is 0.878. The first-order chi connectivity index (χ1) is 8.24. The van der Waals surface area contributed by atoms with Gasteiger partial charge < -0.3 is 9.84 Å². The lowest BCUT2D eigenvalue weighted by Crippen LogP contribution is -2.00. The summed E-state index contributed by atoms with van der Waals surface area (Å²) in [5, 5.41) is 9.13. The van der Waals surface area contributed by atoms with E-state index in [1.807, 2.05) is 0 Å². The van der Waals surface area contributed by atoms with Crippen LogP contribution in [0.2, 0.25) is 0 Å². The van der Waals surface area contributed by atoms with Crippen molar-refractivity contribution < 1.29 is 14.6 Å². The Hall–Kier alpha value is -2.36. The van der Waals surface area contributed by atoms with Crippen LogP contribution < -0.4 is 4.74 Å². The number of methoxy groups -OCH3 is 1. The van der Waals surface area contributed by atoms with Gasteiger partial charge in [0.05, 0.1) is 12.7 Å². The number of aromatic nitrogens is 1. The van der Waals surface area contributed by atoms with Gasteiger partial charge in [0.15, 0.2) is 0 Å². The molecule has 0 saturated carbocycles. The third-order valence-corrected chi connectivity index (χ3v) is 2.41. The van der Waals surface area contributed by atoms with Crippen LogP contribution >= 0.6 is 0 Å². The summed E-state index contributed by atoms with van der Waals surface area (Å²) in [6.45, 7) is 0. The second-order valence-electron chi connectivity index (χ2n) is 3.41. The first kappa shape index (κ1) is 11.1. The molecule has 4 heteroatoms. The fraction of sp³-hybridized carbons (Fsp3) is 0.0769. The van der Waals surface area contributed by atoms with Gasteiger partial charge in [0, 0.05) is 17.3 Å². The second-order valence-corrected chi connectivity index (χ2v) is 3.41. The van der Waals surface area contributed by atoms with Crippen molar-refractivity contribution in [1.29, 1.82) is 0 Å². The van der Waals surface area contributed by atoms with Gasteiger partial charge in [-0.15, -0.1) is 0 Å². The maximum Gasteiger partial charge on any atom is 0.336 e. The summed E-state index contributed by atoms with van der Waals surface area (Å²) in [5.41, 5.74) is 1.51. The van der Waals surface area contributed by atoms with Crippen molar-refractivity contribution in [3.05, 3.63) is 48.2 Å². The summed E-state index contributed by atoms with van der Waals surface area (Å²) < 4.78 is 5.13. The Balaban J connectivity index is 2.64. The number of hydrogen-bond acceptors (Lipinski definition) is 3. The number of aromatic carboxylic acids is 1. The highest BCUT2D eigenvalue weighted by Gasteiger charge is 2.14. The number of carbonyl (C=O) groups is 1. The fourth-order valence-corrected chi connectivity index (χ4v) is 1.66. The van der Waals surface area contributed by atoms with E-state index in [1.165, 1.54) is 7.11 Å². The second kappa shape index (κ2) is 4.65. The van der Waals surface area contributed by atoms with Gasteiger partial charge in [-0.3, -0.25) is 0 Å². The van der Waals surface area contributed by atoms with Crippen molar-refractivity contribution in [2.45, 2.75) is 0 Å². The van der Waals surface area contributed by atoms with Crippen molar-refractivity contribution in [3.8, 4) is 17.0 Å². The molecule has 0 fully saturated rings. The summed E-state index contributed by atoms with van der Waals surface area (Å²) in [7, 11) is 1.51. The van der Waals surface area contributed by atoms with Crippen molar-refractivity contribution in [3.63, 3.8) is 0 Å². The lowest BCUT2D eigenvalue weighted by atomic mass is 10.0. The minimum atomic E-state index is -0.966. The average Bonchev–Trinajstić information content (AvgIpc) is 2.38. The Morgan fingerprint density at radius 2 is 1.88 bits per heavy atom. The van der Waals surface area contributed by atoms with Crippen LogP contribution in [0, 0.1) is 0 Å². The van der Waals surface area contributed by atoms with Crippen LogP contribution in [-0.2, 0) is 0 Å². The molecule has 0 aliphatic heterocycles. The summed E-state index contributed by atoms with van der Waals surface area (Å²) >= 11 is 0. The zero-order valence-electron chi connectivity index (χ0n) is 9.25. The molecule has 2 aromatic rings. The van der Waals surface area contributed by atoms with Gasteiger partial charge in [0.1, 0.15) is 0 Å². The van der Waals surface area contributed by atoms with Crippen LogP contribution in [-0.4, -0.2) is 23.2 Å². The smallest absolute Gasteiger partial charge is 0.336 e. The van der Waals surface area contributed by atoms with Crippen LogP contribution in [0.4, 0.5) is 0 Å². The Morgan fingerprint density at radius 3 is 2.59 bits per heavy atom. The summed E-state index contributed by atoms with van der Waals surface area (Å²) in [6.07, 6.45) is 1.60. The number of pyridine rings is 1. The van der Waals surface area contributed by atoms with Crippen molar-refractivity contribution in [2.75, 3.05) is 7.11 Å². The molecule has 0 bridgehead atoms. The molecule has 4 nitrogen and oxygen atoms in total. The molecule has 0 spiro atoms. The Bertz CT molecular complexity index is 552. The summed E-state index contributed by atoms with van der Waals surface area (Å²) in [5.74, 6) is -0.548. The number of benzene rings is 1. The molecule has 0 atom stereocenters. The predicted molar refractivity (Wildman–Crippen MR) is 63.2 cm³/mol. The van der Waals surface area contributed by atoms with Crippen molar-refractivity contribution in [2.24, 2.45) is 0 Å². The molecule has 1 N–H and O–H groups in total. The van der Waals surface area contributed by atoms with E-state index in [1.54, 1.807) is 42.6 Å². The Labute approximate surface area is 98.5 Å². The third kappa shape index (κ3) is 2.10. The van der Waals surface area contributed by atoms with E-state index in [9.17, 15) is 4.79 Å². The molecule has 2 rings (SSSR count). The first-order valence-electron chi connectivity index (χ1n) is 5.05. The van der Waals surface area contributed by atoms with Crippen LogP contribution in [0.1, 0.15) is 10.4 Å². The SMILES string of the molecule is COc1ncccc1-c1ccccc1C(=O)O. The van der Waals surface area contributed by atoms with E-state index >= 15 is 0 Å². The number of ether oxygens (including phenoxy) is 1. The zero-order valence-corrected chi connectivity index (χ0v) is 9.25. The molecular weight excluding hydrogens is 218 g/mol. The van der Waals surface area contributed by atoms with E-state index in [0.29, 0.717) is 17.0 Å². The van der Waals surface area contributed by atoms with Crippen LogP contribution in [0.25, 0.3) is 11.1 Å². The van der Waals surface area contributed by atoms with E-state index in [-0.39, 0.29) is 5.56 Å². The highest BCUT2D eigenvalue weighted by Crippen LogP contribution is 2.30. The maximum absolute atomic E-state index is 11.1. The van der Waals surface area contributed by atoms with Gasteiger partial charge in [-0.1, -0.05) is 18.2 Å². The summed E-state index contributed by atoms with van der Waals surface area (Å²) in [6, 6.07) is 10.3. The molecular formula is C13H11NO3. The molecule has 0 saturated heterocycles. The molecule has 1 aromatic heterocycles. The zero-order chi connectivity index (χ0) is 12.3. The van der Waals surface area contributed by atoms with Gasteiger partial charge in [0.2, 0.25) is 5.88 Å². The normalized spacial score (nSPS) is 9.94. The van der Waals surface area contributed by atoms with Crippen molar-refractivity contribution in [1.82, 2.24) is 4.98 Å². The van der Waals surface area contributed by atoms with Crippen LogP contribution in [0.5, 0.6) is 5.88 Å². The van der Waals surface area contributed by atoms with Gasteiger partial charge in [0.25, 0.3) is 0 Å². The molecule has 0 unspecified atom stereocenters. The van der Waals surface area contributed by atoms with E-state index in [4.69, 9.17) is 9.84 Å². The number of hydrogen-bond donors (Lipinski definition) is 1. The molecule has 0 radical (unpaired) electrons. The molecule has 17 heavy (non-hydrogen) atoms. The highest BCUT2D eigenvalue weighted by molar-refractivity contribution is 5.96. The summed E-state index contributed by atoms with van der Waals surface area (Å²) in [4.78, 5) is 15.2. The average molecular weight is 229 g/mol. The molecule has 1 aromatic carbocycles. The van der Waals surface area contributed by atoms with E-state index in [2.05, 4.69) is 4.98 Å². The molecule has 86 valence electrons. The minimum absolute atomic E-state index is 0.235. The van der Waals surface area contributed by atoms with Crippen LogP contribution in [0.3, 0.4) is 0 Å². The standard InChI is InChI=1S/C13H11NO3/c1-17-12-10(7-4-8-14-12)9-5-2-3-6-11(9)13(15)16/h2-8H,1H3,(H,15,16). The number of rotatable bonds is 3. The largest absolute Gasteiger partial charge is 0.481 e. The lowest BCUT2D eigenvalue weighted by molar-refractivity contribution is 0.0698. The molecule has 0 aliphatic carbocycles. The van der Waals surface area contributed by atoms with Gasteiger partial charge in [-0.25, -0.2) is 9.78 Å². The number of nitrogens with zero attached hydrogens (tertiary/aromatic N) is 1. The number of carboxylic acid groups (broad SMARTS) is 1. The molecule has 0 aliphatic rings. The first-order valence-corrected chi connectivity index (χ1v) is 5.05. The number of carboxylic acids is 1. The molecule has 1 heterocycles. The van der Waals surface area contributed by atoms with Gasteiger partial charge >= 0.3 is 5.97 Å². The third-order valence-electron chi connectivity index (χ3n) is 2.41. The van der Waals surface area contributed by atoms with E-state index < -0.39 is 5.97 Å². The van der Waals surface area contributed by atoms with Gasteiger partial charge in [-0.05, 0) is 18.2 Å². The minimum Gasteiger partial charge on any atom is -0.481 e. The highest BCUT2D eigenvalue weighted by atomic mass is 16.5. The van der Waals surface area contributed by atoms with Crippen molar-refractivity contribution >= 4 is 5.97 Å². The lowest BCUT2D eigenvalue weighted by Gasteiger charge is -2.09. The van der Waals surface area contributed by atoms with Crippen LogP contribution in [0.15, 0.2) is 42.6 Å². The predicted octanol–water partition coefficient (Wildman–Crippen LogP) is 2.46. The maximum atomic E-state index is 11.1. The monoisotopic (exact) mass is 229 g/mol.